The van der Waals surface area contributed by atoms with Crippen LogP contribution in [0.2, 0.25) is 0 Å². The molecular weight excluding hydrogens is 435 g/mol. The van der Waals surface area contributed by atoms with Gasteiger partial charge in [0.2, 0.25) is 0 Å². The highest BCUT2D eigenvalue weighted by atomic mass is 19.1. The van der Waals surface area contributed by atoms with Crippen molar-refractivity contribution in [1.82, 2.24) is 20.1 Å². The van der Waals surface area contributed by atoms with E-state index in [-0.39, 0.29) is 18.3 Å². The molecule has 0 atom stereocenters. The SMILES string of the molecule is COc1ccc(CNC(=O)c2cc(-c3cc(C)cc(F)c3)cnc2-c2cnn(C)c2)cc1OC. The van der Waals surface area contributed by atoms with Gasteiger partial charge in [-0.1, -0.05) is 12.1 Å². The number of amides is 1. The summed E-state index contributed by atoms with van der Waals surface area (Å²) in [6, 6.07) is 11.9. The van der Waals surface area contributed by atoms with Crippen molar-refractivity contribution in [2.24, 2.45) is 7.05 Å². The fourth-order valence-electron chi connectivity index (χ4n) is 3.74. The van der Waals surface area contributed by atoms with Crippen LogP contribution in [-0.4, -0.2) is 34.9 Å². The molecule has 2 aromatic heterocycles. The summed E-state index contributed by atoms with van der Waals surface area (Å²) < 4.78 is 26.3. The Labute approximate surface area is 197 Å². The number of hydrogen-bond acceptors (Lipinski definition) is 5. The van der Waals surface area contributed by atoms with Gasteiger partial charge in [0.25, 0.3) is 5.91 Å². The molecule has 2 aromatic carbocycles. The van der Waals surface area contributed by atoms with Gasteiger partial charge in [0, 0.05) is 37.1 Å². The number of nitrogens with zero attached hydrogens (tertiary/aromatic N) is 3. The lowest BCUT2D eigenvalue weighted by Crippen LogP contribution is -2.24. The summed E-state index contributed by atoms with van der Waals surface area (Å²) in [5, 5.41) is 7.14. The van der Waals surface area contributed by atoms with Gasteiger partial charge < -0.3 is 14.8 Å². The highest BCUT2D eigenvalue weighted by Gasteiger charge is 2.18. The van der Waals surface area contributed by atoms with Crippen molar-refractivity contribution in [3.8, 4) is 33.9 Å². The second kappa shape index (κ2) is 9.74. The third-order valence-corrected chi connectivity index (χ3v) is 5.39. The lowest BCUT2D eigenvalue weighted by molar-refractivity contribution is 0.0951. The minimum absolute atomic E-state index is 0.273. The Hall–Kier alpha value is -4.20. The van der Waals surface area contributed by atoms with Crippen LogP contribution in [0.25, 0.3) is 22.4 Å². The number of hydrogen-bond donors (Lipinski definition) is 1. The fraction of sp³-hybridized carbons (Fsp3) is 0.192. The van der Waals surface area contributed by atoms with E-state index < -0.39 is 0 Å². The Bertz CT molecular complexity index is 1330. The summed E-state index contributed by atoms with van der Waals surface area (Å²) in [6.45, 7) is 2.09. The summed E-state index contributed by atoms with van der Waals surface area (Å²) in [4.78, 5) is 17.9. The van der Waals surface area contributed by atoms with Gasteiger partial charge in [0.15, 0.2) is 11.5 Å². The van der Waals surface area contributed by atoms with Gasteiger partial charge in [-0.15, -0.1) is 0 Å². The number of carbonyl (C=O) groups is 1. The van der Waals surface area contributed by atoms with Gasteiger partial charge >= 0.3 is 0 Å². The molecule has 0 fully saturated rings. The summed E-state index contributed by atoms with van der Waals surface area (Å²) in [7, 11) is 4.93. The first-order valence-electron chi connectivity index (χ1n) is 10.6. The quantitative estimate of drug-likeness (QED) is 0.438. The first-order valence-corrected chi connectivity index (χ1v) is 10.6. The maximum absolute atomic E-state index is 14.0. The van der Waals surface area contributed by atoms with E-state index in [4.69, 9.17) is 9.47 Å². The number of aromatic nitrogens is 3. The van der Waals surface area contributed by atoms with Gasteiger partial charge in [0.1, 0.15) is 5.82 Å². The van der Waals surface area contributed by atoms with Crippen LogP contribution in [0.3, 0.4) is 0 Å². The average molecular weight is 461 g/mol. The van der Waals surface area contributed by atoms with Crippen LogP contribution in [-0.2, 0) is 13.6 Å². The van der Waals surface area contributed by atoms with Crippen LogP contribution in [0.1, 0.15) is 21.5 Å². The monoisotopic (exact) mass is 460 g/mol. The van der Waals surface area contributed by atoms with E-state index >= 15 is 0 Å². The predicted molar refractivity (Wildman–Crippen MR) is 127 cm³/mol. The standard InChI is InChI=1S/C26H25FN4O3/c1-16-7-18(10-21(27)8-16)19-11-22(25(28-13-19)20-14-30-31(2)15-20)26(32)29-12-17-5-6-23(33-3)24(9-17)34-4/h5-11,13-15H,12H2,1-4H3,(H,29,32). The Morgan fingerprint density at radius 2 is 1.79 bits per heavy atom. The second-order valence-electron chi connectivity index (χ2n) is 7.91. The number of halogens is 1. The summed E-state index contributed by atoms with van der Waals surface area (Å²) in [5.41, 5.74) is 4.50. The van der Waals surface area contributed by atoms with Crippen LogP contribution in [0.15, 0.2) is 61.1 Å². The molecule has 7 nitrogen and oxygen atoms in total. The van der Waals surface area contributed by atoms with Crippen molar-refractivity contribution in [1.29, 1.82) is 0 Å². The normalized spacial score (nSPS) is 10.7. The molecule has 0 aliphatic rings. The summed E-state index contributed by atoms with van der Waals surface area (Å²) >= 11 is 0. The summed E-state index contributed by atoms with van der Waals surface area (Å²) in [6.07, 6.45) is 5.08. The van der Waals surface area contributed by atoms with Crippen LogP contribution >= 0.6 is 0 Å². The van der Waals surface area contributed by atoms with Crippen LogP contribution in [0, 0.1) is 12.7 Å². The Morgan fingerprint density at radius 1 is 1.00 bits per heavy atom. The maximum atomic E-state index is 14.0. The first-order chi connectivity index (χ1) is 16.4. The van der Waals surface area contributed by atoms with Gasteiger partial charge in [0.05, 0.1) is 31.7 Å². The molecule has 0 radical (unpaired) electrons. The third-order valence-electron chi connectivity index (χ3n) is 5.39. The van der Waals surface area contributed by atoms with Crippen molar-refractivity contribution in [2.45, 2.75) is 13.5 Å². The fourth-order valence-corrected chi connectivity index (χ4v) is 3.74. The smallest absolute Gasteiger partial charge is 0.253 e. The van der Waals surface area contributed by atoms with E-state index in [0.717, 1.165) is 11.1 Å². The number of aryl methyl sites for hydroxylation is 2. The zero-order chi connectivity index (χ0) is 24.2. The highest BCUT2D eigenvalue weighted by Crippen LogP contribution is 2.29. The van der Waals surface area contributed by atoms with Crippen molar-refractivity contribution in [3.63, 3.8) is 0 Å². The number of pyridine rings is 1. The molecule has 34 heavy (non-hydrogen) atoms. The van der Waals surface area contributed by atoms with Gasteiger partial charge in [-0.3, -0.25) is 14.5 Å². The van der Waals surface area contributed by atoms with Crippen LogP contribution in [0.4, 0.5) is 4.39 Å². The first kappa shape index (κ1) is 23.0. The topological polar surface area (TPSA) is 78.3 Å². The Morgan fingerprint density at radius 3 is 2.47 bits per heavy atom. The van der Waals surface area contributed by atoms with E-state index in [1.165, 1.54) is 12.1 Å². The number of methoxy groups -OCH3 is 2. The molecule has 174 valence electrons. The molecule has 4 aromatic rings. The molecule has 8 heteroatoms. The molecule has 0 aliphatic carbocycles. The van der Waals surface area contributed by atoms with Crippen molar-refractivity contribution in [3.05, 3.63) is 83.6 Å². The third kappa shape index (κ3) is 4.91. The lowest BCUT2D eigenvalue weighted by atomic mass is 10.00. The van der Waals surface area contributed by atoms with Gasteiger partial charge in [-0.05, 0) is 53.9 Å². The molecule has 0 unspecified atom stereocenters. The zero-order valence-electron chi connectivity index (χ0n) is 19.4. The van der Waals surface area contributed by atoms with Gasteiger partial charge in [-0.25, -0.2) is 4.39 Å². The number of benzene rings is 2. The minimum Gasteiger partial charge on any atom is -0.493 e. The number of nitrogens with one attached hydrogen (secondary N) is 1. The van der Waals surface area contributed by atoms with Crippen LogP contribution in [0.5, 0.6) is 11.5 Å². The van der Waals surface area contributed by atoms with Crippen molar-refractivity contribution in [2.75, 3.05) is 14.2 Å². The lowest BCUT2D eigenvalue weighted by Gasteiger charge is -2.13. The number of carbonyl (C=O) groups excluding carboxylic acids is 1. The Kier molecular flexibility index (Phi) is 6.58. The van der Waals surface area contributed by atoms with Crippen molar-refractivity contribution < 1.29 is 18.7 Å². The second-order valence-corrected chi connectivity index (χ2v) is 7.91. The molecule has 0 bridgehead atoms. The largest absolute Gasteiger partial charge is 0.493 e. The molecule has 0 saturated heterocycles. The van der Waals surface area contributed by atoms with E-state index in [0.29, 0.717) is 39.4 Å². The van der Waals surface area contributed by atoms with Crippen LogP contribution < -0.4 is 14.8 Å². The highest BCUT2D eigenvalue weighted by molar-refractivity contribution is 6.01. The minimum atomic E-state index is -0.342. The van der Waals surface area contributed by atoms with E-state index in [1.54, 1.807) is 56.7 Å². The molecule has 0 spiro atoms. The predicted octanol–water partition coefficient (Wildman–Crippen LogP) is 4.54. The zero-order valence-corrected chi connectivity index (χ0v) is 19.4. The molecule has 1 N–H and O–H groups in total. The molecular formula is C26H25FN4O3. The molecule has 2 heterocycles. The Balaban J connectivity index is 1.68. The molecule has 0 saturated carbocycles. The molecule has 1 amide bonds. The van der Waals surface area contributed by atoms with Crippen molar-refractivity contribution >= 4 is 5.91 Å². The molecule has 4 rings (SSSR count). The molecule has 0 aliphatic heterocycles. The van der Waals surface area contributed by atoms with Gasteiger partial charge in [-0.2, -0.15) is 5.10 Å². The number of rotatable bonds is 7. The summed E-state index contributed by atoms with van der Waals surface area (Å²) in [5.74, 6) is 0.538. The maximum Gasteiger partial charge on any atom is 0.253 e. The van der Waals surface area contributed by atoms with E-state index in [9.17, 15) is 9.18 Å². The average Bonchev–Trinajstić information content (AvgIpc) is 3.27. The van der Waals surface area contributed by atoms with E-state index in [2.05, 4.69) is 15.4 Å². The van der Waals surface area contributed by atoms with E-state index in [1.807, 2.05) is 25.1 Å². The number of ether oxygens (including phenoxy) is 2.